The summed E-state index contributed by atoms with van der Waals surface area (Å²) < 4.78 is 0. The first-order valence-corrected chi connectivity index (χ1v) is 5.92. The van der Waals surface area contributed by atoms with Crippen molar-refractivity contribution in [2.75, 3.05) is 39.0 Å². The Morgan fingerprint density at radius 2 is 1.88 bits per heavy atom. The molecule has 4 heteroatoms. The molecule has 0 radical (unpaired) electrons. The maximum absolute atomic E-state index is 12.3. The van der Waals surface area contributed by atoms with E-state index in [0.717, 1.165) is 37.3 Å². The molecule has 1 heterocycles. The summed E-state index contributed by atoms with van der Waals surface area (Å²) >= 11 is 0. The predicted octanol–water partition coefficient (Wildman–Crippen LogP) is 0.965. The van der Waals surface area contributed by atoms with Crippen LogP contribution in [0, 0.1) is 6.92 Å². The van der Waals surface area contributed by atoms with Gasteiger partial charge in [-0.2, -0.15) is 0 Å². The van der Waals surface area contributed by atoms with Crippen LogP contribution in [0.15, 0.2) is 18.2 Å². The van der Waals surface area contributed by atoms with Crippen molar-refractivity contribution in [2.45, 2.75) is 6.92 Å². The minimum Gasteiger partial charge on any atom is -0.399 e. The molecular formula is C13H19N3O. The van der Waals surface area contributed by atoms with Gasteiger partial charge >= 0.3 is 0 Å². The number of rotatable bonds is 1. The van der Waals surface area contributed by atoms with Crippen LogP contribution in [0.5, 0.6) is 0 Å². The van der Waals surface area contributed by atoms with E-state index < -0.39 is 0 Å². The number of anilines is 1. The van der Waals surface area contributed by atoms with Crippen LogP contribution in [0.3, 0.4) is 0 Å². The van der Waals surface area contributed by atoms with Gasteiger partial charge in [-0.25, -0.2) is 0 Å². The quantitative estimate of drug-likeness (QED) is 0.735. The van der Waals surface area contributed by atoms with Crippen LogP contribution >= 0.6 is 0 Å². The maximum Gasteiger partial charge on any atom is 0.254 e. The van der Waals surface area contributed by atoms with E-state index in [1.807, 2.05) is 24.0 Å². The molecule has 1 aliphatic rings. The fraction of sp³-hybridized carbons (Fsp3) is 0.462. The number of hydrogen-bond donors (Lipinski definition) is 1. The minimum atomic E-state index is 0.121. The Bertz CT molecular complexity index is 423. The highest BCUT2D eigenvalue weighted by molar-refractivity contribution is 5.96. The molecule has 1 amide bonds. The topological polar surface area (TPSA) is 49.6 Å². The number of carbonyl (C=O) groups excluding carboxylic acids is 1. The Morgan fingerprint density at radius 1 is 1.24 bits per heavy atom. The van der Waals surface area contributed by atoms with Gasteiger partial charge in [-0.3, -0.25) is 4.79 Å². The van der Waals surface area contributed by atoms with Crippen LogP contribution < -0.4 is 5.73 Å². The van der Waals surface area contributed by atoms with Crippen LogP contribution in [-0.4, -0.2) is 48.9 Å². The van der Waals surface area contributed by atoms with Gasteiger partial charge in [0.25, 0.3) is 5.91 Å². The number of aryl methyl sites for hydroxylation is 1. The van der Waals surface area contributed by atoms with Gasteiger partial charge < -0.3 is 15.5 Å². The Kier molecular flexibility index (Phi) is 3.33. The largest absolute Gasteiger partial charge is 0.399 e. The van der Waals surface area contributed by atoms with Crippen LogP contribution in [0.25, 0.3) is 0 Å². The highest BCUT2D eigenvalue weighted by atomic mass is 16.2. The van der Waals surface area contributed by atoms with Crippen LogP contribution in [0.2, 0.25) is 0 Å². The number of nitrogens with two attached hydrogens (primary N) is 1. The Balaban J connectivity index is 2.14. The smallest absolute Gasteiger partial charge is 0.254 e. The summed E-state index contributed by atoms with van der Waals surface area (Å²) in [5.74, 6) is 0.121. The first-order chi connectivity index (χ1) is 8.08. The second-order valence-electron chi connectivity index (χ2n) is 4.67. The molecule has 1 aliphatic heterocycles. The molecule has 0 spiro atoms. The Labute approximate surface area is 102 Å². The molecule has 1 saturated heterocycles. The number of nitrogen functional groups attached to an aromatic ring is 1. The molecule has 4 nitrogen and oxygen atoms in total. The molecule has 92 valence electrons. The zero-order valence-electron chi connectivity index (χ0n) is 10.4. The zero-order chi connectivity index (χ0) is 12.4. The summed E-state index contributed by atoms with van der Waals surface area (Å²) in [6.45, 7) is 5.43. The third-order valence-electron chi connectivity index (χ3n) is 3.27. The van der Waals surface area contributed by atoms with E-state index in [1.54, 1.807) is 6.07 Å². The number of piperazine rings is 1. The lowest BCUT2D eigenvalue weighted by Crippen LogP contribution is -2.47. The monoisotopic (exact) mass is 233 g/mol. The molecule has 0 atom stereocenters. The van der Waals surface area contributed by atoms with Gasteiger partial charge in [0.1, 0.15) is 0 Å². The van der Waals surface area contributed by atoms with E-state index in [0.29, 0.717) is 5.69 Å². The van der Waals surface area contributed by atoms with Crippen molar-refractivity contribution in [2.24, 2.45) is 0 Å². The van der Waals surface area contributed by atoms with E-state index in [2.05, 4.69) is 11.9 Å². The van der Waals surface area contributed by atoms with Gasteiger partial charge in [-0.05, 0) is 37.7 Å². The standard InChI is InChI=1S/C13H19N3O/c1-10-9-11(14)3-4-12(10)13(17)16-7-5-15(2)6-8-16/h3-4,9H,5-8,14H2,1-2H3. The van der Waals surface area contributed by atoms with Crippen molar-refractivity contribution in [3.63, 3.8) is 0 Å². The first kappa shape index (κ1) is 11.9. The number of amides is 1. The number of carbonyl (C=O) groups is 1. The summed E-state index contributed by atoms with van der Waals surface area (Å²) in [4.78, 5) is 16.5. The molecule has 0 saturated carbocycles. The van der Waals surface area contributed by atoms with E-state index in [9.17, 15) is 4.79 Å². The third-order valence-corrected chi connectivity index (χ3v) is 3.27. The predicted molar refractivity (Wildman–Crippen MR) is 69.0 cm³/mol. The summed E-state index contributed by atoms with van der Waals surface area (Å²) in [7, 11) is 2.08. The third kappa shape index (κ3) is 2.58. The molecule has 0 aliphatic carbocycles. The molecule has 1 aromatic carbocycles. The molecular weight excluding hydrogens is 214 g/mol. The molecule has 0 bridgehead atoms. The second kappa shape index (κ2) is 4.75. The van der Waals surface area contributed by atoms with Crippen molar-refractivity contribution in [1.29, 1.82) is 0 Å². The van der Waals surface area contributed by atoms with Gasteiger partial charge in [0.2, 0.25) is 0 Å². The number of benzene rings is 1. The van der Waals surface area contributed by atoms with Gasteiger partial charge in [0.15, 0.2) is 0 Å². The molecule has 2 N–H and O–H groups in total. The van der Waals surface area contributed by atoms with Crippen molar-refractivity contribution >= 4 is 11.6 Å². The fourth-order valence-corrected chi connectivity index (χ4v) is 2.11. The Hall–Kier alpha value is -1.55. The Morgan fingerprint density at radius 3 is 2.47 bits per heavy atom. The van der Waals surface area contributed by atoms with E-state index in [4.69, 9.17) is 5.73 Å². The summed E-state index contributed by atoms with van der Waals surface area (Å²) in [6.07, 6.45) is 0. The van der Waals surface area contributed by atoms with E-state index >= 15 is 0 Å². The lowest BCUT2D eigenvalue weighted by Gasteiger charge is -2.32. The fourth-order valence-electron chi connectivity index (χ4n) is 2.11. The highest BCUT2D eigenvalue weighted by Gasteiger charge is 2.21. The average molecular weight is 233 g/mol. The molecule has 1 aromatic rings. The first-order valence-electron chi connectivity index (χ1n) is 5.92. The van der Waals surface area contributed by atoms with Crippen molar-refractivity contribution in [1.82, 2.24) is 9.80 Å². The number of likely N-dealkylation sites (N-methyl/N-ethyl adjacent to an activating group) is 1. The number of hydrogen-bond acceptors (Lipinski definition) is 3. The van der Waals surface area contributed by atoms with Crippen LogP contribution in [0.1, 0.15) is 15.9 Å². The van der Waals surface area contributed by atoms with Crippen molar-refractivity contribution in [3.05, 3.63) is 29.3 Å². The summed E-state index contributed by atoms with van der Waals surface area (Å²) in [5, 5.41) is 0. The molecule has 0 aromatic heterocycles. The van der Waals surface area contributed by atoms with Gasteiger partial charge in [0.05, 0.1) is 0 Å². The summed E-state index contributed by atoms with van der Waals surface area (Å²) in [5.41, 5.74) is 8.12. The van der Waals surface area contributed by atoms with Gasteiger partial charge in [-0.1, -0.05) is 0 Å². The maximum atomic E-state index is 12.3. The van der Waals surface area contributed by atoms with Crippen molar-refractivity contribution < 1.29 is 4.79 Å². The second-order valence-corrected chi connectivity index (χ2v) is 4.67. The average Bonchev–Trinajstić information content (AvgIpc) is 2.29. The molecule has 1 fully saturated rings. The normalized spacial score (nSPS) is 17.2. The highest BCUT2D eigenvalue weighted by Crippen LogP contribution is 2.15. The number of nitrogens with zero attached hydrogens (tertiary/aromatic N) is 2. The molecule has 0 unspecified atom stereocenters. The van der Waals surface area contributed by atoms with Gasteiger partial charge in [0, 0.05) is 37.4 Å². The van der Waals surface area contributed by atoms with Gasteiger partial charge in [-0.15, -0.1) is 0 Å². The SMILES string of the molecule is Cc1cc(N)ccc1C(=O)N1CCN(C)CC1. The van der Waals surface area contributed by atoms with E-state index in [-0.39, 0.29) is 5.91 Å². The van der Waals surface area contributed by atoms with Crippen LogP contribution in [0.4, 0.5) is 5.69 Å². The minimum absolute atomic E-state index is 0.121. The molecule has 17 heavy (non-hydrogen) atoms. The lowest BCUT2D eigenvalue weighted by atomic mass is 10.1. The summed E-state index contributed by atoms with van der Waals surface area (Å²) in [6, 6.07) is 5.46. The molecule has 2 rings (SSSR count). The van der Waals surface area contributed by atoms with Crippen molar-refractivity contribution in [3.8, 4) is 0 Å². The zero-order valence-corrected chi connectivity index (χ0v) is 10.4. The van der Waals surface area contributed by atoms with E-state index in [1.165, 1.54) is 0 Å². The lowest BCUT2D eigenvalue weighted by molar-refractivity contribution is 0.0663. The van der Waals surface area contributed by atoms with Crippen LogP contribution in [-0.2, 0) is 0 Å².